The fourth-order valence-corrected chi connectivity index (χ4v) is 1.75. The quantitative estimate of drug-likeness (QED) is 0.423. The minimum absolute atomic E-state index is 0.222. The number of unbranched alkanes of at least 4 members (excludes halogenated alkanes) is 2. The molecule has 0 aromatic rings. The van der Waals surface area contributed by atoms with Gasteiger partial charge in [0.2, 0.25) is 0 Å². The minimum atomic E-state index is -0.691. The molecule has 120 valence electrons. The number of carbonyl (C=O) groups is 2. The molecule has 0 aliphatic heterocycles. The van der Waals surface area contributed by atoms with E-state index in [0.29, 0.717) is 6.42 Å². The van der Waals surface area contributed by atoms with Crippen molar-refractivity contribution in [1.29, 1.82) is 0 Å². The van der Waals surface area contributed by atoms with E-state index < -0.39 is 12.2 Å². The number of ether oxygens (including phenoxy) is 2. The summed E-state index contributed by atoms with van der Waals surface area (Å²) in [7, 11) is 0. The van der Waals surface area contributed by atoms with E-state index in [2.05, 4.69) is 24.7 Å². The van der Waals surface area contributed by atoms with Gasteiger partial charge in [0.05, 0.1) is 19.3 Å². The second kappa shape index (κ2) is 11.9. The Kier molecular flexibility index (Phi) is 10.8. The molecule has 1 N–H and O–H groups in total. The smallest absolute Gasteiger partial charge is 0.429 e. The lowest BCUT2D eigenvalue weighted by molar-refractivity contribution is 0.0615. The van der Waals surface area contributed by atoms with Crippen LogP contribution >= 0.6 is 0 Å². The standard InChI is InChI=1S/C15H26N2O4/c1-5-9-10-12-13(11-6-2)17(15(19)21-8-4)16-14(18)20-7-3/h11,13H,2,5,7-10,12H2,1,3-4H3,(H,16,18). The molecular formula is C15H26N2O4. The molecule has 6 heteroatoms. The zero-order chi connectivity index (χ0) is 16.1. The van der Waals surface area contributed by atoms with E-state index in [4.69, 9.17) is 9.47 Å². The van der Waals surface area contributed by atoms with Gasteiger partial charge in [0, 0.05) is 0 Å². The van der Waals surface area contributed by atoms with Crippen LogP contribution in [-0.4, -0.2) is 36.5 Å². The Morgan fingerprint density at radius 1 is 1.24 bits per heavy atom. The largest absolute Gasteiger partial charge is 0.449 e. The van der Waals surface area contributed by atoms with Gasteiger partial charge in [-0.2, -0.15) is 0 Å². The molecule has 0 aromatic carbocycles. The van der Waals surface area contributed by atoms with Gasteiger partial charge in [-0.15, -0.1) is 5.73 Å². The summed E-state index contributed by atoms with van der Waals surface area (Å²) >= 11 is 0. The SMILES string of the molecule is C=C=CC(CCCCC)N(NC(=O)OCC)C(=O)OCC. The van der Waals surface area contributed by atoms with Gasteiger partial charge in [0.15, 0.2) is 0 Å². The molecule has 1 unspecified atom stereocenters. The van der Waals surface area contributed by atoms with E-state index in [1.165, 1.54) is 0 Å². The number of nitrogens with zero attached hydrogens (tertiary/aromatic N) is 1. The van der Waals surface area contributed by atoms with Crippen LogP contribution in [0.2, 0.25) is 0 Å². The van der Waals surface area contributed by atoms with E-state index in [9.17, 15) is 9.59 Å². The molecule has 6 nitrogen and oxygen atoms in total. The van der Waals surface area contributed by atoms with Crippen LogP contribution in [0.1, 0.15) is 46.5 Å². The average molecular weight is 298 g/mol. The van der Waals surface area contributed by atoms with Crippen LogP contribution in [0.5, 0.6) is 0 Å². The Labute approximate surface area is 126 Å². The molecule has 1 atom stereocenters. The first-order valence-electron chi connectivity index (χ1n) is 7.35. The summed E-state index contributed by atoms with van der Waals surface area (Å²) in [5.74, 6) is 0. The van der Waals surface area contributed by atoms with Crippen LogP contribution in [-0.2, 0) is 9.47 Å². The van der Waals surface area contributed by atoms with Gasteiger partial charge in [-0.05, 0) is 26.3 Å². The second-order valence-electron chi connectivity index (χ2n) is 4.34. The van der Waals surface area contributed by atoms with Crippen LogP contribution in [0, 0.1) is 0 Å². The lowest BCUT2D eigenvalue weighted by Crippen LogP contribution is -2.51. The highest BCUT2D eigenvalue weighted by Crippen LogP contribution is 2.11. The summed E-state index contributed by atoms with van der Waals surface area (Å²) in [5.41, 5.74) is 5.07. The fraction of sp³-hybridized carbons (Fsp3) is 0.667. The Balaban J connectivity index is 4.94. The van der Waals surface area contributed by atoms with Crippen LogP contribution < -0.4 is 5.43 Å². The Morgan fingerprint density at radius 2 is 1.90 bits per heavy atom. The maximum Gasteiger partial charge on any atom is 0.429 e. The molecule has 0 radical (unpaired) electrons. The molecule has 0 saturated carbocycles. The molecule has 0 heterocycles. The van der Waals surface area contributed by atoms with Crippen LogP contribution in [0.3, 0.4) is 0 Å². The topological polar surface area (TPSA) is 67.9 Å². The predicted octanol–water partition coefficient (Wildman–Crippen LogP) is 3.40. The molecule has 0 rings (SSSR count). The molecule has 0 spiro atoms. The first kappa shape index (κ1) is 19.1. The van der Waals surface area contributed by atoms with Gasteiger partial charge >= 0.3 is 12.2 Å². The van der Waals surface area contributed by atoms with Crippen molar-refractivity contribution in [3.05, 3.63) is 18.4 Å². The Bertz CT molecular complexity index is 365. The summed E-state index contributed by atoms with van der Waals surface area (Å²) < 4.78 is 9.77. The first-order chi connectivity index (χ1) is 10.1. The molecule has 0 fully saturated rings. The van der Waals surface area contributed by atoms with Crippen molar-refractivity contribution < 1.29 is 19.1 Å². The molecule has 21 heavy (non-hydrogen) atoms. The Morgan fingerprint density at radius 3 is 2.43 bits per heavy atom. The number of nitrogens with one attached hydrogen (secondary N) is 1. The highest BCUT2D eigenvalue weighted by Gasteiger charge is 2.25. The Hall–Kier alpha value is -1.94. The van der Waals surface area contributed by atoms with Crippen LogP contribution in [0.4, 0.5) is 9.59 Å². The predicted molar refractivity (Wildman–Crippen MR) is 80.7 cm³/mol. The zero-order valence-electron chi connectivity index (χ0n) is 13.2. The molecule has 0 aliphatic carbocycles. The third kappa shape index (κ3) is 8.05. The van der Waals surface area contributed by atoms with Crippen LogP contribution in [0.15, 0.2) is 18.4 Å². The van der Waals surface area contributed by atoms with Gasteiger partial charge < -0.3 is 9.47 Å². The molecule has 0 saturated heterocycles. The highest BCUT2D eigenvalue weighted by atomic mass is 16.6. The van der Waals surface area contributed by atoms with Gasteiger partial charge in [0.1, 0.15) is 0 Å². The third-order valence-corrected chi connectivity index (χ3v) is 2.70. The normalized spacial score (nSPS) is 11.0. The van der Waals surface area contributed by atoms with E-state index in [1.54, 1.807) is 19.9 Å². The molecule has 0 aliphatic rings. The summed E-state index contributed by atoms with van der Waals surface area (Å²) in [4.78, 5) is 23.6. The van der Waals surface area contributed by atoms with E-state index in [1.807, 2.05) is 0 Å². The van der Waals surface area contributed by atoms with Crippen molar-refractivity contribution in [3.63, 3.8) is 0 Å². The summed E-state index contributed by atoms with van der Waals surface area (Å²) in [6.07, 6.45) is 4.02. The molecule has 2 amide bonds. The number of hydrogen-bond acceptors (Lipinski definition) is 4. The van der Waals surface area contributed by atoms with Crippen molar-refractivity contribution in [2.24, 2.45) is 0 Å². The number of amides is 2. The number of rotatable bonds is 8. The van der Waals surface area contributed by atoms with Crippen molar-refractivity contribution in [2.75, 3.05) is 13.2 Å². The van der Waals surface area contributed by atoms with Crippen molar-refractivity contribution in [1.82, 2.24) is 10.4 Å². The number of carbonyl (C=O) groups excluding carboxylic acids is 2. The van der Waals surface area contributed by atoms with Gasteiger partial charge in [-0.1, -0.05) is 32.8 Å². The minimum Gasteiger partial charge on any atom is -0.449 e. The van der Waals surface area contributed by atoms with Crippen molar-refractivity contribution in [2.45, 2.75) is 52.5 Å². The summed E-state index contributed by atoms with van der Waals surface area (Å²) in [6.45, 7) is 9.46. The van der Waals surface area contributed by atoms with E-state index in [0.717, 1.165) is 24.3 Å². The zero-order valence-corrected chi connectivity index (χ0v) is 13.2. The number of hydrogen-bond donors (Lipinski definition) is 1. The lowest BCUT2D eigenvalue weighted by Gasteiger charge is -2.28. The molecule has 0 bridgehead atoms. The highest BCUT2D eigenvalue weighted by molar-refractivity contribution is 5.74. The first-order valence-corrected chi connectivity index (χ1v) is 7.35. The fourth-order valence-electron chi connectivity index (χ4n) is 1.75. The van der Waals surface area contributed by atoms with Gasteiger partial charge in [0.25, 0.3) is 0 Å². The third-order valence-electron chi connectivity index (χ3n) is 2.70. The monoisotopic (exact) mass is 298 g/mol. The molecular weight excluding hydrogens is 272 g/mol. The number of hydrazine groups is 1. The summed E-state index contributed by atoms with van der Waals surface area (Å²) in [5, 5.41) is 1.13. The van der Waals surface area contributed by atoms with Crippen LogP contribution in [0.25, 0.3) is 0 Å². The van der Waals surface area contributed by atoms with Gasteiger partial charge in [-0.3, -0.25) is 0 Å². The van der Waals surface area contributed by atoms with E-state index >= 15 is 0 Å². The maximum atomic E-state index is 12.0. The van der Waals surface area contributed by atoms with E-state index in [-0.39, 0.29) is 19.3 Å². The summed E-state index contributed by atoms with van der Waals surface area (Å²) in [6, 6.07) is -0.363. The second-order valence-corrected chi connectivity index (χ2v) is 4.34. The average Bonchev–Trinajstić information content (AvgIpc) is 2.45. The van der Waals surface area contributed by atoms with Crippen molar-refractivity contribution >= 4 is 12.2 Å². The lowest BCUT2D eigenvalue weighted by atomic mass is 10.1. The molecule has 0 aromatic heterocycles. The maximum absolute atomic E-state index is 12.0. The van der Waals surface area contributed by atoms with Crippen molar-refractivity contribution in [3.8, 4) is 0 Å². The van der Waals surface area contributed by atoms with Gasteiger partial charge in [-0.25, -0.2) is 20.0 Å².